The molecule has 0 amide bonds. The van der Waals surface area contributed by atoms with Crippen molar-refractivity contribution in [2.75, 3.05) is 19.7 Å². The van der Waals surface area contributed by atoms with E-state index in [0.29, 0.717) is 38.1 Å². The van der Waals surface area contributed by atoms with Crippen molar-refractivity contribution < 1.29 is 38.1 Å². The van der Waals surface area contributed by atoms with Gasteiger partial charge in [0.05, 0.1) is 6.61 Å². The zero-order valence-electron chi connectivity index (χ0n) is 26.0. The summed E-state index contributed by atoms with van der Waals surface area (Å²) in [5, 5.41) is 0. The summed E-state index contributed by atoms with van der Waals surface area (Å²) in [5.41, 5.74) is 0. The first kappa shape index (κ1) is 35.0. The van der Waals surface area contributed by atoms with Gasteiger partial charge in [-0.15, -0.1) is 0 Å². The molecular formula is C32H55NO8. The van der Waals surface area contributed by atoms with Crippen LogP contribution in [0.15, 0.2) is 0 Å². The van der Waals surface area contributed by atoms with Crippen molar-refractivity contribution in [3.8, 4) is 0 Å². The number of rotatable bonds is 18. The summed E-state index contributed by atoms with van der Waals surface area (Å²) in [6.45, 7) is 9.24. The van der Waals surface area contributed by atoms with Crippen molar-refractivity contribution in [3.63, 3.8) is 0 Å². The van der Waals surface area contributed by atoms with Crippen molar-refractivity contribution in [2.45, 2.75) is 155 Å². The predicted octanol–water partition coefficient (Wildman–Crippen LogP) is 5.90. The number of carbonyl (C=O) groups excluding carboxylic acids is 4. The average molecular weight is 582 g/mol. The molecule has 0 N–H and O–H groups in total. The smallest absolute Gasteiger partial charge is 0.306 e. The summed E-state index contributed by atoms with van der Waals surface area (Å²) in [6, 6.07) is 0.622. The molecule has 1 saturated heterocycles. The van der Waals surface area contributed by atoms with Gasteiger partial charge >= 0.3 is 23.9 Å². The van der Waals surface area contributed by atoms with Crippen LogP contribution in [-0.2, 0) is 38.1 Å². The summed E-state index contributed by atoms with van der Waals surface area (Å²) >= 11 is 0. The highest BCUT2D eigenvalue weighted by Crippen LogP contribution is 2.33. The van der Waals surface area contributed by atoms with E-state index >= 15 is 0 Å². The van der Waals surface area contributed by atoms with Crippen LogP contribution in [0.2, 0.25) is 0 Å². The molecule has 5 atom stereocenters. The van der Waals surface area contributed by atoms with Gasteiger partial charge in [-0.25, -0.2) is 0 Å². The Labute approximate surface area is 247 Å². The Balaban J connectivity index is 2.00. The Morgan fingerprint density at radius 3 is 2.10 bits per heavy atom. The van der Waals surface area contributed by atoms with Crippen LogP contribution >= 0.6 is 0 Å². The maximum absolute atomic E-state index is 12.9. The minimum absolute atomic E-state index is 0.00323. The predicted molar refractivity (Wildman–Crippen MR) is 156 cm³/mol. The second kappa shape index (κ2) is 19.9. The molecule has 41 heavy (non-hydrogen) atoms. The zero-order chi connectivity index (χ0) is 30.0. The topological polar surface area (TPSA) is 108 Å². The largest absolute Gasteiger partial charge is 0.466 e. The van der Waals surface area contributed by atoms with Crippen molar-refractivity contribution in [1.82, 2.24) is 4.90 Å². The van der Waals surface area contributed by atoms with Crippen LogP contribution in [0.5, 0.6) is 0 Å². The van der Waals surface area contributed by atoms with Crippen molar-refractivity contribution in [3.05, 3.63) is 0 Å². The van der Waals surface area contributed by atoms with Gasteiger partial charge in [-0.2, -0.15) is 0 Å². The second-order valence-electron chi connectivity index (χ2n) is 11.8. The highest BCUT2D eigenvalue weighted by Gasteiger charge is 2.36. The van der Waals surface area contributed by atoms with Gasteiger partial charge in [0.1, 0.15) is 12.2 Å². The van der Waals surface area contributed by atoms with Crippen LogP contribution in [0.1, 0.15) is 130 Å². The third-order valence-corrected chi connectivity index (χ3v) is 8.13. The standard InChI is InChI=1S/C32H55NO8/c1-5-12-28(34)38-22-19-27(40-29(35)13-6-2)32(41-30(36)14-7-3)24(4)39-31(37)18-11-21-33-20-9-8-15-25-16-10-17-26(33)23-25/h24-27,32H,5-23H2,1-4H3/t24-,25?,26?,27+,32+/m0/s1. The molecule has 0 aromatic heterocycles. The minimum atomic E-state index is -1.00. The third kappa shape index (κ3) is 13.6. The lowest BCUT2D eigenvalue weighted by atomic mass is 9.80. The van der Waals surface area contributed by atoms with E-state index in [1.54, 1.807) is 6.92 Å². The third-order valence-electron chi connectivity index (χ3n) is 8.13. The Morgan fingerprint density at radius 2 is 1.39 bits per heavy atom. The molecule has 1 heterocycles. The molecule has 9 nitrogen and oxygen atoms in total. The molecule has 0 aromatic rings. The van der Waals surface area contributed by atoms with Crippen LogP contribution in [0.4, 0.5) is 0 Å². The molecule has 2 aliphatic rings. The minimum Gasteiger partial charge on any atom is -0.466 e. The van der Waals surface area contributed by atoms with Gasteiger partial charge in [0.15, 0.2) is 6.10 Å². The van der Waals surface area contributed by atoms with Gasteiger partial charge in [0, 0.05) is 38.1 Å². The summed E-state index contributed by atoms with van der Waals surface area (Å²) in [6.07, 6.45) is 9.92. The molecule has 236 valence electrons. The van der Waals surface area contributed by atoms with Crippen LogP contribution in [0.25, 0.3) is 0 Å². The summed E-state index contributed by atoms with van der Waals surface area (Å²) < 4.78 is 22.5. The fourth-order valence-corrected chi connectivity index (χ4v) is 6.02. The van der Waals surface area contributed by atoms with E-state index in [9.17, 15) is 19.2 Å². The van der Waals surface area contributed by atoms with E-state index < -0.39 is 30.3 Å². The van der Waals surface area contributed by atoms with E-state index in [-0.39, 0.29) is 44.2 Å². The van der Waals surface area contributed by atoms with Gasteiger partial charge in [0.25, 0.3) is 0 Å². The van der Waals surface area contributed by atoms with Crippen LogP contribution in [0, 0.1) is 5.92 Å². The number of esters is 4. The molecule has 1 aliphatic heterocycles. The molecule has 0 radical (unpaired) electrons. The molecule has 1 saturated carbocycles. The first-order chi connectivity index (χ1) is 19.8. The van der Waals surface area contributed by atoms with Crippen LogP contribution in [0.3, 0.4) is 0 Å². The fourth-order valence-electron chi connectivity index (χ4n) is 6.02. The Kier molecular flexibility index (Phi) is 17.0. The first-order valence-corrected chi connectivity index (χ1v) is 16.2. The quantitative estimate of drug-likeness (QED) is 0.144. The fraction of sp³-hybridized carbons (Fsp3) is 0.875. The maximum atomic E-state index is 12.9. The molecule has 2 fully saturated rings. The number of fused-ring (bicyclic) bond motifs is 2. The normalized spacial score (nSPS) is 21.5. The lowest BCUT2D eigenvalue weighted by Crippen LogP contribution is -2.45. The molecular weight excluding hydrogens is 526 g/mol. The van der Waals surface area contributed by atoms with Gasteiger partial charge < -0.3 is 23.8 Å². The van der Waals surface area contributed by atoms with E-state index in [1.165, 1.54) is 44.9 Å². The first-order valence-electron chi connectivity index (χ1n) is 16.2. The number of hydrogen-bond acceptors (Lipinski definition) is 9. The van der Waals surface area contributed by atoms with Crippen molar-refractivity contribution in [2.24, 2.45) is 5.92 Å². The van der Waals surface area contributed by atoms with Gasteiger partial charge in [-0.05, 0) is 70.9 Å². The Morgan fingerprint density at radius 1 is 0.756 bits per heavy atom. The van der Waals surface area contributed by atoms with E-state index in [0.717, 1.165) is 19.0 Å². The monoisotopic (exact) mass is 581 g/mol. The second-order valence-corrected chi connectivity index (χ2v) is 11.8. The zero-order valence-corrected chi connectivity index (χ0v) is 26.0. The Bertz CT molecular complexity index is 803. The number of hydrogen-bond donors (Lipinski definition) is 0. The molecule has 2 rings (SSSR count). The highest BCUT2D eigenvalue weighted by molar-refractivity contribution is 5.71. The van der Waals surface area contributed by atoms with Gasteiger partial charge in [0.2, 0.25) is 0 Å². The van der Waals surface area contributed by atoms with Crippen molar-refractivity contribution >= 4 is 23.9 Å². The maximum Gasteiger partial charge on any atom is 0.306 e. The van der Waals surface area contributed by atoms with Crippen LogP contribution in [-0.4, -0.2) is 72.8 Å². The number of likely N-dealkylation sites (tertiary alicyclic amines) is 1. The molecule has 1 aliphatic carbocycles. The lowest BCUT2D eigenvalue weighted by molar-refractivity contribution is -0.186. The molecule has 2 unspecified atom stereocenters. The molecule has 9 heteroatoms. The number of ether oxygens (including phenoxy) is 4. The SMILES string of the molecule is CCCC(=O)OCC[C@@H](OC(=O)CCC)[C@H](OC(=O)CCC)[C@H](C)OC(=O)CCCN1CCCCC2CCCC1C2. The van der Waals surface area contributed by atoms with Crippen molar-refractivity contribution in [1.29, 1.82) is 0 Å². The average Bonchev–Trinajstić information content (AvgIpc) is 2.92. The Hall–Kier alpha value is -2.16. The number of carbonyl (C=O) groups is 4. The molecule has 0 aromatic carbocycles. The van der Waals surface area contributed by atoms with Crippen LogP contribution < -0.4 is 0 Å². The van der Waals surface area contributed by atoms with Gasteiger partial charge in [-0.3, -0.25) is 19.2 Å². The molecule has 0 spiro atoms. The van der Waals surface area contributed by atoms with E-state index in [2.05, 4.69) is 4.90 Å². The summed E-state index contributed by atoms with van der Waals surface area (Å²) in [5.74, 6) is -0.748. The van der Waals surface area contributed by atoms with Gasteiger partial charge in [-0.1, -0.05) is 46.5 Å². The highest BCUT2D eigenvalue weighted by atomic mass is 16.6. The summed E-state index contributed by atoms with van der Waals surface area (Å²) in [7, 11) is 0. The number of nitrogens with zero attached hydrogens (tertiary/aromatic N) is 1. The lowest BCUT2D eigenvalue weighted by Gasteiger charge is -2.39. The van der Waals surface area contributed by atoms with E-state index in [1.807, 2.05) is 20.8 Å². The molecule has 2 bridgehead atoms. The summed E-state index contributed by atoms with van der Waals surface area (Å²) in [4.78, 5) is 52.3. The van der Waals surface area contributed by atoms with E-state index in [4.69, 9.17) is 18.9 Å².